The van der Waals surface area contributed by atoms with Crippen LogP contribution >= 0.6 is 23.2 Å². The molecular weight excluding hydrogens is 351 g/mol. The van der Waals surface area contributed by atoms with Gasteiger partial charge in [-0.25, -0.2) is 0 Å². The Hall–Kier alpha value is -1.62. The largest absolute Gasteiger partial charge is 0.427 e. The van der Waals surface area contributed by atoms with E-state index in [0.717, 1.165) is 11.1 Å². The maximum atomic E-state index is 11.9. The maximum Gasteiger partial charge on any atom is 0.308 e. The minimum absolute atomic E-state index is 0.142. The van der Waals surface area contributed by atoms with Gasteiger partial charge in [-0.15, -0.1) is 11.6 Å². The molecule has 1 aromatic carbocycles. The number of ketones is 1. The van der Waals surface area contributed by atoms with Gasteiger partial charge in [-0.3, -0.25) is 9.59 Å². The molecule has 1 heterocycles. The molecule has 1 aromatic rings. The fraction of sp³-hybridized carbons (Fsp3) is 0.333. The summed E-state index contributed by atoms with van der Waals surface area (Å²) in [5, 5.41) is -0.196. The van der Waals surface area contributed by atoms with Crippen molar-refractivity contribution in [2.24, 2.45) is 5.92 Å². The van der Waals surface area contributed by atoms with E-state index in [0.29, 0.717) is 17.4 Å². The van der Waals surface area contributed by atoms with Crippen LogP contribution in [0.1, 0.15) is 19.4 Å². The van der Waals surface area contributed by atoms with Crippen molar-refractivity contribution in [3.05, 3.63) is 47.6 Å². The van der Waals surface area contributed by atoms with E-state index in [1.165, 1.54) is 13.0 Å². The number of hydrogen-bond acceptors (Lipinski definition) is 4. The first-order valence-electron chi connectivity index (χ1n) is 7.50. The monoisotopic (exact) mass is 366 g/mol. The van der Waals surface area contributed by atoms with Crippen molar-refractivity contribution in [3.63, 3.8) is 0 Å². The van der Waals surface area contributed by atoms with E-state index in [9.17, 15) is 9.59 Å². The Morgan fingerprint density at radius 2 is 2.00 bits per heavy atom. The van der Waals surface area contributed by atoms with Crippen LogP contribution < -0.4 is 4.74 Å². The molecule has 126 valence electrons. The number of ether oxygens (including phenoxy) is 2. The molecule has 0 N–H and O–H groups in total. The Labute approximate surface area is 150 Å². The van der Waals surface area contributed by atoms with E-state index >= 15 is 0 Å². The molecule has 0 saturated carbocycles. The molecule has 0 bridgehead atoms. The number of rotatable bonds is 2. The Bertz CT molecular complexity index is 751. The first kappa shape index (κ1) is 17.2. The van der Waals surface area contributed by atoms with Gasteiger partial charge in [0.05, 0.1) is 12.2 Å². The highest BCUT2D eigenvalue weighted by Crippen LogP contribution is 2.47. The lowest BCUT2D eigenvalue weighted by atomic mass is 9.77. The lowest BCUT2D eigenvalue weighted by Gasteiger charge is -2.33. The van der Waals surface area contributed by atoms with Crippen LogP contribution in [0.15, 0.2) is 42.0 Å². The third-order valence-corrected chi connectivity index (χ3v) is 5.25. The van der Waals surface area contributed by atoms with Gasteiger partial charge in [0.25, 0.3) is 0 Å². The molecule has 0 amide bonds. The van der Waals surface area contributed by atoms with Gasteiger partial charge in [-0.2, -0.15) is 0 Å². The minimum atomic E-state index is -0.702. The molecule has 3 rings (SSSR count). The fourth-order valence-electron chi connectivity index (χ4n) is 3.10. The number of hydrogen-bond donors (Lipinski definition) is 0. The van der Waals surface area contributed by atoms with Gasteiger partial charge >= 0.3 is 5.97 Å². The average Bonchev–Trinajstić information content (AvgIpc) is 2.89. The molecule has 1 aliphatic heterocycles. The SMILES string of the molecule is CC(=O)Oc1ccc(/C(Cl)=C2\CO[C@@]3(C)C=CC(=O)[C@H](Cl)[C@@H]23)cc1. The van der Waals surface area contributed by atoms with E-state index in [1.54, 1.807) is 30.3 Å². The van der Waals surface area contributed by atoms with Gasteiger partial charge in [0.15, 0.2) is 5.78 Å². The lowest BCUT2D eigenvalue weighted by Crippen LogP contribution is -2.42. The third kappa shape index (κ3) is 3.02. The van der Waals surface area contributed by atoms with Crippen molar-refractivity contribution < 1.29 is 19.1 Å². The number of carbonyl (C=O) groups excluding carboxylic acids is 2. The van der Waals surface area contributed by atoms with Crippen molar-refractivity contribution in [2.75, 3.05) is 6.61 Å². The van der Waals surface area contributed by atoms with Crippen LogP contribution in [-0.4, -0.2) is 29.3 Å². The predicted molar refractivity (Wildman–Crippen MR) is 92.2 cm³/mol. The zero-order chi connectivity index (χ0) is 17.5. The highest BCUT2D eigenvalue weighted by molar-refractivity contribution is 6.49. The molecule has 2 aliphatic rings. The van der Waals surface area contributed by atoms with Crippen LogP contribution in [0.5, 0.6) is 5.75 Å². The Morgan fingerprint density at radius 1 is 1.33 bits per heavy atom. The van der Waals surface area contributed by atoms with Crippen molar-refractivity contribution in [2.45, 2.75) is 24.8 Å². The molecule has 3 atom stereocenters. The normalized spacial score (nSPS) is 30.9. The smallest absolute Gasteiger partial charge is 0.308 e. The highest BCUT2D eigenvalue weighted by atomic mass is 35.5. The van der Waals surface area contributed by atoms with Crippen molar-refractivity contribution in [1.82, 2.24) is 0 Å². The third-order valence-electron chi connectivity index (χ3n) is 4.33. The summed E-state index contributed by atoms with van der Waals surface area (Å²) in [4.78, 5) is 22.9. The van der Waals surface area contributed by atoms with E-state index in [-0.39, 0.29) is 17.7 Å². The Morgan fingerprint density at radius 3 is 2.62 bits per heavy atom. The van der Waals surface area contributed by atoms with Crippen LogP contribution in [0, 0.1) is 5.92 Å². The molecule has 1 aliphatic carbocycles. The number of carbonyl (C=O) groups is 2. The standard InChI is InChI=1S/C18H16Cl2O4/c1-10(21)24-12-5-3-11(4-6-12)16(19)13-9-23-18(2)8-7-14(22)17(20)15(13)18/h3-8,15,17H,9H2,1-2H3/b16-13-/t15-,17+,18+/m1/s1. The number of alkyl halides is 1. The van der Waals surface area contributed by atoms with E-state index in [1.807, 2.05) is 6.92 Å². The molecule has 0 aromatic heterocycles. The zero-order valence-corrected chi connectivity index (χ0v) is 14.7. The van der Waals surface area contributed by atoms with Gasteiger partial charge in [0.2, 0.25) is 0 Å². The molecule has 1 saturated heterocycles. The maximum absolute atomic E-state index is 11.9. The van der Waals surface area contributed by atoms with E-state index in [2.05, 4.69) is 0 Å². The summed E-state index contributed by atoms with van der Waals surface area (Å²) >= 11 is 12.9. The molecule has 0 radical (unpaired) electrons. The quantitative estimate of drug-likeness (QED) is 0.454. The lowest BCUT2D eigenvalue weighted by molar-refractivity contribution is -0.131. The summed E-state index contributed by atoms with van der Waals surface area (Å²) in [6.45, 7) is 3.55. The zero-order valence-electron chi connectivity index (χ0n) is 13.2. The highest BCUT2D eigenvalue weighted by Gasteiger charge is 2.50. The summed E-state index contributed by atoms with van der Waals surface area (Å²) in [6, 6.07) is 6.84. The summed E-state index contributed by atoms with van der Waals surface area (Å²) in [5.74, 6) is -0.391. The topological polar surface area (TPSA) is 52.6 Å². The van der Waals surface area contributed by atoms with Gasteiger partial charge in [0.1, 0.15) is 11.1 Å². The van der Waals surface area contributed by atoms with Crippen LogP contribution in [0.4, 0.5) is 0 Å². The average molecular weight is 367 g/mol. The molecule has 0 unspecified atom stereocenters. The summed E-state index contributed by atoms with van der Waals surface area (Å²) in [6.07, 6.45) is 3.22. The van der Waals surface area contributed by atoms with Crippen molar-refractivity contribution in [3.8, 4) is 5.75 Å². The Kier molecular flexibility index (Phi) is 4.56. The van der Waals surface area contributed by atoms with Gasteiger partial charge in [-0.1, -0.05) is 11.6 Å². The second kappa shape index (κ2) is 6.36. The molecule has 6 heteroatoms. The molecule has 4 nitrogen and oxygen atoms in total. The molecule has 0 spiro atoms. The molecular formula is C18H16Cl2O4. The number of fused-ring (bicyclic) bond motifs is 1. The first-order chi connectivity index (χ1) is 11.3. The summed E-state index contributed by atoms with van der Waals surface area (Å²) in [5.41, 5.74) is 0.923. The van der Waals surface area contributed by atoms with Crippen LogP contribution in [-0.2, 0) is 14.3 Å². The fourth-order valence-corrected chi connectivity index (χ4v) is 3.88. The van der Waals surface area contributed by atoms with Crippen LogP contribution in [0.3, 0.4) is 0 Å². The second-order valence-corrected chi connectivity index (χ2v) is 6.89. The van der Waals surface area contributed by atoms with Crippen molar-refractivity contribution >= 4 is 40.0 Å². The van der Waals surface area contributed by atoms with Crippen LogP contribution in [0.2, 0.25) is 0 Å². The predicted octanol–water partition coefficient (Wildman–Crippen LogP) is 3.71. The van der Waals surface area contributed by atoms with Gasteiger partial charge in [-0.05, 0) is 54.5 Å². The molecule has 24 heavy (non-hydrogen) atoms. The summed E-state index contributed by atoms with van der Waals surface area (Å²) in [7, 11) is 0. The molecule has 1 fully saturated rings. The number of esters is 1. The van der Waals surface area contributed by atoms with E-state index < -0.39 is 11.0 Å². The van der Waals surface area contributed by atoms with Gasteiger partial charge < -0.3 is 9.47 Å². The first-order valence-corrected chi connectivity index (χ1v) is 8.32. The summed E-state index contributed by atoms with van der Waals surface area (Å²) < 4.78 is 10.9. The van der Waals surface area contributed by atoms with Gasteiger partial charge in [0, 0.05) is 17.9 Å². The van der Waals surface area contributed by atoms with Crippen LogP contribution in [0.25, 0.3) is 5.03 Å². The Balaban J connectivity index is 1.95. The minimum Gasteiger partial charge on any atom is -0.427 e. The number of benzene rings is 1. The van der Waals surface area contributed by atoms with E-state index in [4.69, 9.17) is 32.7 Å². The second-order valence-electron chi connectivity index (χ2n) is 6.04. The van der Waals surface area contributed by atoms with Crippen molar-refractivity contribution in [1.29, 1.82) is 0 Å². The number of halogens is 2. The number of allylic oxidation sites excluding steroid dienone is 1.